The van der Waals surface area contributed by atoms with Crippen molar-refractivity contribution in [3.05, 3.63) is 48.3 Å². The Bertz CT molecular complexity index is 547. The molecule has 1 aromatic heterocycles. The lowest BCUT2D eigenvalue weighted by Crippen LogP contribution is -2.05. The van der Waals surface area contributed by atoms with Crippen molar-refractivity contribution in [1.29, 1.82) is 5.26 Å². The molecule has 0 amide bonds. The third-order valence-corrected chi connectivity index (χ3v) is 2.53. The first kappa shape index (κ1) is 12.8. The van der Waals surface area contributed by atoms with Crippen LogP contribution in [0.5, 0.6) is 0 Å². The first-order valence-corrected chi connectivity index (χ1v) is 6.09. The van der Waals surface area contributed by atoms with Crippen molar-refractivity contribution in [3.63, 3.8) is 0 Å². The molecule has 2 N–H and O–H groups in total. The van der Waals surface area contributed by atoms with Crippen molar-refractivity contribution in [2.45, 2.75) is 13.0 Å². The standard InChI is InChI=1S/C14H15N5/c15-7-4-8-16-13-9-14(19-11-18-13)17-10-12-5-2-1-3-6-12/h1-3,5-6,9,11H,4,8,10H2,(H2,16,17,18,19). The Balaban J connectivity index is 1.90. The van der Waals surface area contributed by atoms with E-state index in [1.807, 2.05) is 24.3 Å². The van der Waals surface area contributed by atoms with Crippen molar-refractivity contribution < 1.29 is 0 Å². The molecule has 0 aliphatic heterocycles. The largest absolute Gasteiger partial charge is 0.369 e. The Morgan fingerprint density at radius 1 is 1.05 bits per heavy atom. The molecule has 0 saturated carbocycles. The second-order valence-corrected chi connectivity index (χ2v) is 3.96. The van der Waals surface area contributed by atoms with Gasteiger partial charge in [-0.05, 0) is 5.56 Å². The van der Waals surface area contributed by atoms with Crippen LogP contribution in [-0.2, 0) is 6.54 Å². The van der Waals surface area contributed by atoms with Gasteiger partial charge in [0.25, 0.3) is 0 Å². The fourth-order valence-corrected chi connectivity index (χ4v) is 1.59. The van der Waals surface area contributed by atoms with Crippen molar-refractivity contribution in [1.82, 2.24) is 9.97 Å². The van der Waals surface area contributed by atoms with Gasteiger partial charge < -0.3 is 10.6 Å². The molecule has 96 valence electrons. The van der Waals surface area contributed by atoms with Crippen molar-refractivity contribution in [2.24, 2.45) is 0 Å². The fourth-order valence-electron chi connectivity index (χ4n) is 1.59. The predicted octanol–water partition coefficient (Wildman–Crippen LogP) is 2.41. The molecular weight excluding hydrogens is 238 g/mol. The highest BCUT2D eigenvalue weighted by molar-refractivity contribution is 5.46. The molecule has 0 saturated heterocycles. The Kier molecular flexibility index (Phi) is 4.71. The van der Waals surface area contributed by atoms with Gasteiger partial charge in [-0.3, -0.25) is 0 Å². The number of hydrogen-bond donors (Lipinski definition) is 2. The number of aromatic nitrogens is 2. The monoisotopic (exact) mass is 253 g/mol. The first-order valence-electron chi connectivity index (χ1n) is 6.09. The van der Waals surface area contributed by atoms with Crippen LogP contribution in [0.1, 0.15) is 12.0 Å². The summed E-state index contributed by atoms with van der Waals surface area (Å²) in [6.07, 6.45) is 1.96. The Morgan fingerprint density at radius 3 is 2.53 bits per heavy atom. The minimum Gasteiger partial charge on any atom is -0.369 e. The van der Waals surface area contributed by atoms with Crippen LogP contribution in [-0.4, -0.2) is 16.5 Å². The molecule has 0 unspecified atom stereocenters. The summed E-state index contributed by atoms with van der Waals surface area (Å²) in [5, 5.41) is 14.8. The molecule has 0 radical (unpaired) electrons. The van der Waals surface area contributed by atoms with E-state index in [0.29, 0.717) is 13.0 Å². The normalized spacial score (nSPS) is 9.63. The lowest BCUT2D eigenvalue weighted by molar-refractivity contribution is 1.03. The second-order valence-electron chi connectivity index (χ2n) is 3.96. The number of hydrogen-bond acceptors (Lipinski definition) is 5. The van der Waals surface area contributed by atoms with E-state index in [1.165, 1.54) is 11.9 Å². The summed E-state index contributed by atoms with van der Waals surface area (Å²) in [7, 11) is 0. The molecule has 5 heteroatoms. The van der Waals surface area contributed by atoms with Crippen LogP contribution in [0.3, 0.4) is 0 Å². The van der Waals surface area contributed by atoms with Gasteiger partial charge in [-0.25, -0.2) is 9.97 Å². The third kappa shape index (κ3) is 4.28. The number of nitriles is 1. The molecule has 0 aliphatic carbocycles. The average Bonchev–Trinajstić information content (AvgIpc) is 2.47. The van der Waals surface area contributed by atoms with Gasteiger partial charge in [0.05, 0.1) is 12.5 Å². The maximum Gasteiger partial charge on any atom is 0.131 e. The van der Waals surface area contributed by atoms with Crippen LogP contribution in [0.15, 0.2) is 42.7 Å². The quantitative estimate of drug-likeness (QED) is 0.773. The highest BCUT2D eigenvalue weighted by Gasteiger charge is 1.98. The van der Waals surface area contributed by atoms with Crippen molar-refractivity contribution in [2.75, 3.05) is 17.2 Å². The maximum absolute atomic E-state index is 8.47. The van der Waals surface area contributed by atoms with Gasteiger partial charge in [-0.2, -0.15) is 5.26 Å². The maximum atomic E-state index is 8.47. The zero-order valence-electron chi connectivity index (χ0n) is 10.5. The van der Waals surface area contributed by atoms with Gasteiger partial charge in [-0.15, -0.1) is 0 Å². The van der Waals surface area contributed by atoms with E-state index in [-0.39, 0.29) is 0 Å². The van der Waals surface area contributed by atoms with E-state index >= 15 is 0 Å². The van der Waals surface area contributed by atoms with Crippen LogP contribution < -0.4 is 10.6 Å². The van der Waals surface area contributed by atoms with Gasteiger partial charge in [0.2, 0.25) is 0 Å². The van der Waals surface area contributed by atoms with Gasteiger partial charge >= 0.3 is 0 Å². The number of benzene rings is 1. The zero-order chi connectivity index (χ0) is 13.3. The van der Waals surface area contributed by atoms with Crippen LogP contribution in [0, 0.1) is 11.3 Å². The summed E-state index contributed by atoms with van der Waals surface area (Å²) in [6.45, 7) is 1.31. The van der Waals surface area contributed by atoms with Crippen LogP contribution in [0.4, 0.5) is 11.6 Å². The van der Waals surface area contributed by atoms with E-state index < -0.39 is 0 Å². The van der Waals surface area contributed by atoms with E-state index in [4.69, 9.17) is 5.26 Å². The lowest BCUT2D eigenvalue weighted by Gasteiger charge is -2.07. The second kappa shape index (κ2) is 6.97. The summed E-state index contributed by atoms with van der Waals surface area (Å²) < 4.78 is 0. The number of nitrogens with one attached hydrogen (secondary N) is 2. The molecule has 5 nitrogen and oxygen atoms in total. The molecule has 0 fully saturated rings. The lowest BCUT2D eigenvalue weighted by atomic mass is 10.2. The molecule has 19 heavy (non-hydrogen) atoms. The molecule has 1 heterocycles. The van der Waals surface area contributed by atoms with Crippen molar-refractivity contribution >= 4 is 11.6 Å². The van der Waals surface area contributed by atoms with Gasteiger partial charge in [0, 0.05) is 19.2 Å². The zero-order valence-corrected chi connectivity index (χ0v) is 10.5. The Hall–Kier alpha value is -2.61. The van der Waals surface area contributed by atoms with Crippen molar-refractivity contribution in [3.8, 4) is 6.07 Å². The number of nitrogens with zero attached hydrogens (tertiary/aromatic N) is 3. The van der Waals surface area contributed by atoms with E-state index in [0.717, 1.165) is 18.2 Å². The van der Waals surface area contributed by atoms with Gasteiger partial charge in [0.15, 0.2) is 0 Å². The summed E-state index contributed by atoms with van der Waals surface area (Å²) in [5.74, 6) is 1.49. The summed E-state index contributed by atoms with van der Waals surface area (Å²) >= 11 is 0. The van der Waals surface area contributed by atoms with Crippen LogP contribution in [0.25, 0.3) is 0 Å². The third-order valence-electron chi connectivity index (χ3n) is 2.53. The number of rotatable bonds is 6. The molecule has 0 bridgehead atoms. The predicted molar refractivity (Wildman–Crippen MR) is 74.5 cm³/mol. The fraction of sp³-hybridized carbons (Fsp3) is 0.214. The molecule has 0 spiro atoms. The van der Waals surface area contributed by atoms with Crippen LogP contribution >= 0.6 is 0 Å². The molecule has 2 rings (SSSR count). The van der Waals surface area contributed by atoms with Crippen LogP contribution in [0.2, 0.25) is 0 Å². The first-order chi connectivity index (χ1) is 9.38. The Labute approximate surface area is 112 Å². The highest BCUT2D eigenvalue weighted by atomic mass is 15.1. The molecule has 2 aromatic rings. The number of anilines is 2. The summed E-state index contributed by atoms with van der Waals surface area (Å²) in [5.41, 5.74) is 1.19. The van der Waals surface area contributed by atoms with E-state index in [2.05, 4.69) is 38.8 Å². The summed E-state index contributed by atoms with van der Waals surface area (Å²) in [4.78, 5) is 8.25. The smallest absolute Gasteiger partial charge is 0.131 e. The van der Waals surface area contributed by atoms with Gasteiger partial charge in [0.1, 0.15) is 18.0 Å². The molecule has 0 atom stereocenters. The molecule has 1 aromatic carbocycles. The Morgan fingerprint density at radius 2 is 1.79 bits per heavy atom. The molecule has 0 aliphatic rings. The molecular formula is C14H15N5. The topological polar surface area (TPSA) is 73.6 Å². The SMILES string of the molecule is N#CCCNc1cc(NCc2ccccc2)ncn1. The average molecular weight is 253 g/mol. The summed E-state index contributed by atoms with van der Waals surface area (Å²) in [6, 6.07) is 14.0. The minimum absolute atomic E-state index is 0.455. The minimum atomic E-state index is 0.455. The van der Waals surface area contributed by atoms with E-state index in [1.54, 1.807) is 0 Å². The van der Waals surface area contributed by atoms with E-state index in [9.17, 15) is 0 Å². The van der Waals surface area contributed by atoms with Gasteiger partial charge in [-0.1, -0.05) is 30.3 Å². The highest BCUT2D eigenvalue weighted by Crippen LogP contribution is 2.10.